The molecule has 0 aliphatic carbocycles. The molecule has 0 spiro atoms. The monoisotopic (exact) mass is 443 g/mol. The summed E-state index contributed by atoms with van der Waals surface area (Å²) in [6.45, 7) is -0.266. The van der Waals surface area contributed by atoms with Crippen molar-refractivity contribution in [3.8, 4) is 11.5 Å². The van der Waals surface area contributed by atoms with Crippen LogP contribution in [-0.4, -0.2) is 55.6 Å². The summed E-state index contributed by atoms with van der Waals surface area (Å²) in [5.41, 5.74) is 0.836. The number of benzene rings is 2. The number of fused-ring (bicyclic) bond motifs is 1. The minimum atomic E-state index is -0.993. The van der Waals surface area contributed by atoms with Gasteiger partial charge in [-0.3, -0.25) is 19.4 Å². The summed E-state index contributed by atoms with van der Waals surface area (Å²) >= 11 is 5.88. The predicted octanol–water partition coefficient (Wildman–Crippen LogP) is 2.29. The number of ether oxygens (including phenoxy) is 2. The molecule has 31 heavy (non-hydrogen) atoms. The van der Waals surface area contributed by atoms with Crippen LogP contribution in [0.5, 0.6) is 11.5 Å². The summed E-state index contributed by atoms with van der Waals surface area (Å²) in [6.07, 6.45) is 0. The number of carbonyl (C=O) groups is 3. The Morgan fingerprint density at radius 3 is 2.32 bits per heavy atom. The van der Waals surface area contributed by atoms with Gasteiger partial charge in [0.05, 0.1) is 19.9 Å². The Kier molecular flexibility index (Phi) is 5.47. The molecule has 0 bridgehead atoms. The number of nitrogens with zero attached hydrogens (tertiary/aromatic N) is 4. The van der Waals surface area contributed by atoms with Crippen molar-refractivity contribution in [3.63, 3.8) is 0 Å². The fourth-order valence-electron chi connectivity index (χ4n) is 3.43. The third-order valence-corrected chi connectivity index (χ3v) is 5.14. The topological polar surface area (TPSA) is 113 Å². The first-order valence-corrected chi connectivity index (χ1v) is 9.63. The first-order valence-electron chi connectivity index (χ1n) is 9.25. The van der Waals surface area contributed by atoms with E-state index in [9.17, 15) is 14.4 Å². The highest BCUT2D eigenvalue weighted by atomic mass is 35.5. The van der Waals surface area contributed by atoms with Crippen LogP contribution in [0.15, 0.2) is 52.8 Å². The Morgan fingerprint density at radius 2 is 1.71 bits per heavy atom. The van der Waals surface area contributed by atoms with Gasteiger partial charge in [-0.05, 0) is 24.3 Å². The number of carbonyl (C=O) groups excluding carboxylic acids is 3. The van der Waals surface area contributed by atoms with Gasteiger partial charge < -0.3 is 14.8 Å². The van der Waals surface area contributed by atoms with Crippen molar-refractivity contribution < 1.29 is 23.9 Å². The maximum Gasteiger partial charge on any atom is 0.263 e. The van der Waals surface area contributed by atoms with Gasteiger partial charge in [0.2, 0.25) is 5.91 Å². The molecular weight excluding hydrogens is 426 g/mol. The molecule has 1 saturated heterocycles. The predicted molar refractivity (Wildman–Crippen MR) is 111 cm³/mol. The van der Waals surface area contributed by atoms with Gasteiger partial charge in [-0.25, -0.2) is 4.90 Å². The van der Waals surface area contributed by atoms with Gasteiger partial charge in [-0.1, -0.05) is 16.8 Å². The molecule has 0 aromatic heterocycles. The molecule has 4 rings (SSSR count). The van der Waals surface area contributed by atoms with Gasteiger partial charge in [0.1, 0.15) is 18.0 Å². The first kappa shape index (κ1) is 20.6. The fraction of sp³-hybridized carbons (Fsp3) is 0.250. The molecule has 160 valence electrons. The zero-order chi connectivity index (χ0) is 22.1. The molecule has 0 saturated carbocycles. The van der Waals surface area contributed by atoms with E-state index in [-0.39, 0.29) is 6.54 Å². The molecule has 10 nitrogen and oxygen atoms in total. The molecule has 2 atom stereocenters. The lowest BCUT2D eigenvalue weighted by atomic mass is 10.1. The number of hydrogen-bond donors (Lipinski definition) is 1. The quantitative estimate of drug-likeness (QED) is 0.685. The highest BCUT2D eigenvalue weighted by molar-refractivity contribution is 6.31. The number of hydrogen-bond acceptors (Lipinski definition) is 8. The lowest BCUT2D eigenvalue weighted by Gasteiger charge is -2.20. The molecule has 2 aliphatic heterocycles. The standard InChI is InChI=1S/C20H18ClN5O5/c1-30-14-7-12(8-15(9-14)31-2)22-16(27)10-25-18-17(23-24-25)19(28)26(20(18)29)13-5-3-11(21)4-6-13/h3-9,17-18H,10H2,1-2H3,(H,22,27)/t17-,18-/m1/s1. The molecule has 2 aliphatic rings. The maximum absolute atomic E-state index is 12.9. The number of halogens is 1. The van der Waals surface area contributed by atoms with E-state index in [1.165, 1.54) is 19.2 Å². The van der Waals surface area contributed by atoms with Crippen LogP contribution in [0.4, 0.5) is 11.4 Å². The second kappa shape index (κ2) is 8.23. The van der Waals surface area contributed by atoms with Crippen molar-refractivity contribution in [2.24, 2.45) is 10.3 Å². The molecule has 0 unspecified atom stereocenters. The van der Waals surface area contributed by atoms with Crippen molar-refractivity contribution in [1.29, 1.82) is 0 Å². The summed E-state index contributed by atoms with van der Waals surface area (Å²) in [7, 11) is 3.00. The van der Waals surface area contributed by atoms with E-state index in [2.05, 4.69) is 15.7 Å². The Balaban J connectivity index is 1.48. The number of imide groups is 1. The van der Waals surface area contributed by atoms with Crippen LogP contribution in [0.1, 0.15) is 0 Å². The highest BCUT2D eigenvalue weighted by Crippen LogP contribution is 2.32. The van der Waals surface area contributed by atoms with E-state index < -0.39 is 29.8 Å². The zero-order valence-corrected chi connectivity index (χ0v) is 17.4. The van der Waals surface area contributed by atoms with Crippen molar-refractivity contribution in [2.45, 2.75) is 12.1 Å². The maximum atomic E-state index is 12.9. The van der Waals surface area contributed by atoms with Crippen LogP contribution in [-0.2, 0) is 14.4 Å². The van der Waals surface area contributed by atoms with Gasteiger partial charge in [0, 0.05) is 28.9 Å². The fourth-order valence-corrected chi connectivity index (χ4v) is 3.55. The number of amides is 3. The Bertz CT molecular complexity index is 1050. The average Bonchev–Trinajstić information content (AvgIpc) is 3.28. The van der Waals surface area contributed by atoms with Crippen LogP contribution < -0.4 is 19.7 Å². The van der Waals surface area contributed by atoms with E-state index >= 15 is 0 Å². The van der Waals surface area contributed by atoms with Crippen LogP contribution >= 0.6 is 11.6 Å². The second-order valence-electron chi connectivity index (χ2n) is 6.83. The molecule has 1 fully saturated rings. The van der Waals surface area contributed by atoms with Crippen LogP contribution in [0, 0.1) is 0 Å². The lowest BCUT2D eigenvalue weighted by molar-refractivity contribution is -0.123. The number of nitrogens with one attached hydrogen (secondary N) is 1. The Morgan fingerprint density at radius 1 is 1.06 bits per heavy atom. The van der Waals surface area contributed by atoms with Gasteiger partial charge in [0.25, 0.3) is 11.8 Å². The molecule has 2 aromatic carbocycles. The number of rotatable bonds is 6. The average molecular weight is 444 g/mol. The smallest absolute Gasteiger partial charge is 0.263 e. The highest BCUT2D eigenvalue weighted by Gasteiger charge is 2.55. The molecule has 0 radical (unpaired) electrons. The SMILES string of the molecule is COc1cc(NC(=O)CN2N=N[C@H]3C(=O)N(c4ccc(Cl)cc4)C(=O)[C@@H]32)cc(OC)c1. The summed E-state index contributed by atoms with van der Waals surface area (Å²) in [5, 5.41) is 12.2. The van der Waals surface area contributed by atoms with Crippen molar-refractivity contribution in [3.05, 3.63) is 47.5 Å². The summed E-state index contributed by atoms with van der Waals surface area (Å²) in [5.74, 6) is -0.434. The third kappa shape index (κ3) is 3.89. The van der Waals surface area contributed by atoms with Crippen molar-refractivity contribution in [2.75, 3.05) is 31.0 Å². The number of anilines is 2. The van der Waals surface area contributed by atoms with Crippen molar-refractivity contribution >= 4 is 40.7 Å². The summed E-state index contributed by atoms with van der Waals surface area (Å²) < 4.78 is 10.4. The minimum absolute atomic E-state index is 0.266. The van der Waals surface area contributed by atoms with E-state index in [4.69, 9.17) is 21.1 Å². The Labute approximate surface area is 182 Å². The lowest BCUT2D eigenvalue weighted by Crippen LogP contribution is -2.43. The third-order valence-electron chi connectivity index (χ3n) is 4.88. The molecular formula is C20H18ClN5O5. The minimum Gasteiger partial charge on any atom is -0.497 e. The molecule has 2 heterocycles. The van der Waals surface area contributed by atoms with Gasteiger partial charge in [-0.2, -0.15) is 5.11 Å². The second-order valence-corrected chi connectivity index (χ2v) is 7.27. The molecule has 3 amide bonds. The van der Waals surface area contributed by atoms with Crippen LogP contribution in [0.3, 0.4) is 0 Å². The van der Waals surface area contributed by atoms with Gasteiger partial charge >= 0.3 is 0 Å². The molecule has 1 N–H and O–H groups in total. The number of methoxy groups -OCH3 is 2. The molecule has 2 aromatic rings. The molecule has 11 heteroatoms. The zero-order valence-electron chi connectivity index (χ0n) is 16.6. The first-order chi connectivity index (χ1) is 14.9. The normalized spacial score (nSPS) is 19.6. The summed E-state index contributed by atoms with van der Waals surface area (Å²) in [4.78, 5) is 39.3. The van der Waals surface area contributed by atoms with E-state index in [0.29, 0.717) is 27.9 Å². The van der Waals surface area contributed by atoms with Crippen molar-refractivity contribution in [1.82, 2.24) is 5.01 Å². The van der Waals surface area contributed by atoms with Gasteiger partial charge in [-0.15, -0.1) is 0 Å². The van der Waals surface area contributed by atoms with E-state index in [1.54, 1.807) is 42.5 Å². The largest absolute Gasteiger partial charge is 0.497 e. The van der Waals surface area contributed by atoms with E-state index in [1.807, 2.05) is 0 Å². The van der Waals surface area contributed by atoms with Crippen LogP contribution in [0.25, 0.3) is 0 Å². The van der Waals surface area contributed by atoms with Gasteiger partial charge in [0.15, 0.2) is 12.1 Å². The Hall–Kier alpha value is -3.66. The van der Waals surface area contributed by atoms with E-state index in [0.717, 1.165) is 4.90 Å². The van der Waals surface area contributed by atoms with Crippen LogP contribution in [0.2, 0.25) is 5.02 Å². The summed E-state index contributed by atoms with van der Waals surface area (Å²) in [6, 6.07) is 9.27.